The zero-order valence-electron chi connectivity index (χ0n) is 21.0. The molecule has 0 aliphatic heterocycles. The fourth-order valence-electron chi connectivity index (χ4n) is 4.27. The molecule has 0 radical (unpaired) electrons. The van der Waals surface area contributed by atoms with Gasteiger partial charge in [-0.15, -0.1) is 0 Å². The molecule has 180 valence electrons. The molecular formula is C30H31NO4. The van der Waals surface area contributed by atoms with Crippen molar-refractivity contribution in [1.29, 1.82) is 0 Å². The second kappa shape index (κ2) is 9.26. The van der Waals surface area contributed by atoms with Crippen molar-refractivity contribution in [1.82, 2.24) is 0 Å². The summed E-state index contributed by atoms with van der Waals surface area (Å²) in [6, 6.07) is 18.0. The first-order valence-electron chi connectivity index (χ1n) is 11.6. The molecule has 3 N–H and O–H groups in total. The van der Waals surface area contributed by atoms with Gasteiger partial charge in [0.1, 0.15) is 23.0 Å². The molecule has 4 rings (SSSR count). The van der Waals surface area contributed by atoms with Crippen LogP contribution in [0.15, 0.2) is 60.7 Å². The summed E-state index contributed by atoms with van der Waals surface area (Å²) in [6.07, 6.45) is 0. The first kappa shape index (κ1) is 24.0. The molecule has 0 spiro atoms. The van der Waals surface area contributed by atoms with Crippen molar-refractivity contribution < 1.29 is 20.1 Å². The lowest BCUT2D eigenvalue weighted by atomic mass is 10.0. The van der Waals surface area contributed by atoms with Gasteiger partial charge in [0.2, 0.25) is 0 Å². The van der Waals surface area contributed by atoms with Crippen LogP contribution in [0.25, 0.3) is 0 Å². The van der Waals surface area contributed by atoms with Crippen LogP contribution in [0.5, 0.6) is 28.7 Å². The Kier molecular flexibility index (Phi) is 6.35. The van der Waals surface area contributed by atoms with Gasteiger partial charge in [0, 0.05) is 6.07 Å². The number of anilines is 3. The molecule has 0 atom stereocenters. The number of rotatable bonds is 5. The van der Waals surface area contributed by atoms with E-state index in [2.05, 4.69) is 0 Å². The molecule has 0 fully saturated rings. The van der Waals surface area contributed by atoms with Crippen LogP contribution in [0.4, 0.5) is 17.1 Å². The Morgan fingerprint density at radius 1 is 0.543 bits per heavy atom. The standard InChI is InChI=1S/C30H31NO4/c1-17-11-13-24(32)29(21(17)5)31(30-22(6)18(2)12-14-25(30)33)23-9-7-8-10-27(23)35-28-16-26(34)19(3)15-20(28)4/h7-16,32-34H,1-6H3. The van der Waals surface area contributed by atoms with Gasteiger partial charge in [-0.05, 0) is 105 Å². The van der Waals surface area contributed by atoms with Gasteiger partial charge in [-0.3, -0.25) is 4.90 Å². The summed E-state index contributed by atoms with van der Waals surface area (Å²) in [4.78, 5) is 1.86. The minimum Gasteiger partial charge on any atom is -0.508 e. The molecule has 0 aliphatic carbocycles. The largest absolute Gasteiger partial charge is 0.508 e. The first-order chi connectivity index (χ1) is 16.6. The Morgan fingerprint density at radius 3 is 1.66 bits per heavy atom. The maximum Gasteiger partial charge on any atom is 0.151 e. The van der Waals surface area contributed by atoms with E-state index < -0.39 is 0 Å². The summed E-state index contributed by atoms with van der Waals surface area (Å²) in [5.74, 6) is 1.37. The number of phenols is 3. The van der Waals surface area contributed by atoms with Crippen molar-refractivity contribution in [3.8, 4) is 28.7 Å². The highest BCUT2D eigenvalue weighted by Gasteiger charge is 2.26. The Bertz CT molecular complexity index is 1370. The van der Waals surface area contributed by atoms with E-state index >= 15 is 0 Å². The van der Waals surface area contributed by atoms with E-state index in [-0.39, 0.29) is 17.2 Å². The van der Waals surface area contributed by atoms with E-state index in [1.807, 2.05) is 88.9 Å². The van der Waals surface area contributed by atoms with Gasteiger partial charge < -0.3 is 20.1 Å². The number of nitrogens with zero attached hydrogens (tertiary/aromatic N) is 1. The van der Waals surface area contributed by atoms with Gasteiger partial charge in [-0.1, -0.05) is 24.3 Å². The Labute approximate surface area is 206 Å². The van der Waals surface area contributed by atoms with Crippen LogP contribution in [0.3, 0.4) is 0 Å². The van der Waals surface area contributed by atoms with Crippen LogP contribution in [-0.2, 0) is 0 Å². The molecule has 5 nitrogen and oxygen atoms in total. The van der Waals surface area contributed by atoms with Crippen molar-refractivity contribution in [3.63, 3.8) is 0 Å². The maximum atomic E-state index is 11.1. The normalized spacial score (nSPS) is 10.9. The highest BCUT2D eigenvalue weighted by atomic mass is 16.5. The third-order valence-electron chi connectivity index (χ3n) is 6.63. The lowest BCUT2D eigenvalue weighted by Crippen LogP contribution is -2.15. The van der Waals surface area contributed by atoms with Gasteiger partial charge in [0.15, 0.2) is 5.75 Å². The Balaban J connectivity index is 2.01. The lowest BCUT2D eigenvalue weighted by molar-refractivity contribution is 0.450. The summed E-state index contributed by atoms with van der Waals surface area (Å²) in [5, 5.41) is 32.4. The monoisotopic (exact) mass is 469 g/mol. The third-order valence-corrected chi connectivity index (χ3v) is 6.63. The van der Waals surface area contributed by atoms with Gasteiger partial charge in [-0.2, -0.15) is 0 Å². The number of ether oxygens (including phenoxy) is 1. The van der Waals surface area contributed by atoms with E-state index in [1.54, 1.807) is 18.2 Å². The molecular weight excluding hydrogens is 438 g/mol. The van der Waals surface area contributed by atoms with Crippen molar-refractivity contribution in [2.75, 3.05) is 4.90 Å². The molecule has 0 aliphatic rings. The lowest BCUT2D eigenvalue weighted by Gasteiger charge is -2.32. The number of aryl methyl sites for hydroxylation is 4. The molecule has 0 amide bonds. The minimum absolute atomic E-state index is 0.0902. The van der Waals surface area contributed by atoms with Crippen molar-refractivity contribution in [2.45, 2.75) is 41.5 Å². The van der Waals surface area contributed by atoms with Gasteiger partial charge in [-0.25, -0.2) is 0 Å². The first-order valence-corrected chi connectivity index (χ1v) is 11.6. The zero-order chi connectivity index (χ0) is 25.4. The highest BCUT2D eigenvalue weighted by molar-refractivity contribution is 5.89. The molecule has 5 heteroatoms. The predicted molar refractivity (Wildman–Crippen MR) is 141 cm³/mol. The molecule has 0 bridgehead atoms. The van der Waals surface area contributed by atoms with Crippen LogP contribution in [0.2, 0.25) is 0 Å². The van der Waals surface area contributed by atoms with Crippen LogP contribution < -0.4 is 9.64 Å². The fourth-order valence-corrected chi connectivity index (χ4v) is 4.27. The zero-order valence-corrected chi connectivity index (χ0v) is 21.0. The summed E-state index contributed by atoms with van der Waals surface area (Å²) in [7, 11) is 0. The summed E-state index contributed by atoms with van der Waals surface area (Å²) >= 11 is 0. The van der Waals surface area contributed by atoms with Crippen molar-refractivity contribution in [3.05, 3.63) is 94.0 Å². The number of benzene rings is 4. The van der Waals surface area contributed by atoms with E-state index in [0.29, 0.717) is 28.6 Å². The fraction of sp³-hybridized carbons (Fsp3) is 0.200. The van der Waals surface area contributed by atoms with Crippen LogP contribution in [0, 0.1) is 41.5 Å². The van der Waals surface area contributed by atoms with E-state index in [0.717, 1.165) is 33.4 Å². The summed E-state index contributed by atoms with van der Waals surface area (Å²) in [5.41, 5.74) is 7.18. The summed E-state index contributed by atoms with van der Waals surface area (Å²) < 4.78 is 6.36. The number of phenolic OH excluding ortho intramolecular Hbond substituents is 3. The molecule has 0 aromatic heterocycles. The van der Waals surface area contributed by atoms with E-state index in [4.69, 9.17) is 4.74 Å². The van der Waals surface area contributed by atoms with E-state index in [9.17, 15) is 15.3 Å². The third kappa shape index (κ3) is 4.37. The SMILES string of the molecule is Cc1cc(C)c(Oc2ccccc2N(c2c(O)ccc(C)c2C)c2c(O)ccc(C)c2C)cc1O. The summed E-state index contributed by atoms with van der Waals surface area (Å²) in [6.45, 7) is 11.6. The highest BCUT2D eigenvalue weighted by Crippen LogP contribution is 2.50. The molecule has 0 unspecified atom stereocenters. The van der Waals surface area contributed by atoms with Crippen LogP contribution in [-0.4, -0.2) is 15.3 Å². The van der Waals surface area contributed by atoms with E-state index in [1.165, 1.54) is 0 Å². The average molecular weight is 470 g/mol. The van der Waals surface area contributed by atoms with Crippen LogP contribution >= 0.6 is 0 Å². The molecule has 4 aromatic carbocycles. The molecule has 0 heterocycles. The minimum atomic E-state index is 0.0902. The second-order valence-electron chi connectivity index (χ2n) is 9.06. The van der Waals surface area contributed by atoms with Crippen molar-refractivity contribution in [2.24, 2.45) is 0 Å². The van der Waals surface area contributed by atoms with Crippen LogP contribution in [0.1, 0.15) is 33.4 Å². The Hall–Kier alpha value is -4.12. The van der Waals surface area contributed by atoms with Gasteiger partial charge >= 0.3 is 0 Å². The average Bonchev–Trinajstić information content (AvgIpc) is 2.82. The number of hydrogen-bond acceptors (Lipinski definition) is 5. The van der Waals surface area contributed by atoms with Crippen molar-refractivity contribution >= 4 is 17.1 Å². The van der Waals surface area contributed by atoms with Gasteiger partial charge in [0.05, 0.1) is 17.1 Å². The smallest absolute Gasteiger partial charge is 0.151 e. The second-order valence-corrected chi connectivity index (χ2v) is 9.06. The predicted octanol–water partition coefficient (Wildman–Crippen LogP) is 7.92. The molecule has 4 aromatic rings. The number of aromatic hydroxyl groups is 3. The number of para-hydroxylation sites is 2. The van der Waals surface area contributed by atoms with Gasteiger partial charge in [0.25, 0.3) is 0 Å². The Morgan fingerprint density at radius 2 is 1.09 bits per heavy atom. The molecule has 0 saturated heterocycles. The quantitative estimate of drug-likeness (QED) is 0.277. The molecule has 0 saturated carbocycles. The number of hydrogen-bond donors (Lipinski definition) is 3. The topological polar surface area (TPSA) is 73.2 Å². The molecule has 35 heavy (non-hydrogen) atoms. The maximum absolute atomic E-state index is 11.1.